The fourth-order valence-electron chi connectivity index (χ4n) is 6.46. The van der Waals surface area contributed by atoms with Crippen LogP contribution in [-0.4, -0.2) is 59.4 Å². The molecule has 43 heavy (non-hydrogen) atoms. The Hall–Kier alpha value is -3.31. The highest BCUT2D eigenvalue weighted by atomic mass is 35.5. The first-order chi connectivity index (χ1) is 20.1. The largest absolute Gasteiger partial charge is 0.573 e. The minimum absolute atomic E-state index is 0.00900. The Bertz CT molecular complexity index is 1430. The third kappa shape index (κ3) is 6.47. The van der Waals surface area contributed by atoms with Gasteiger partial charge in [0, 0.05) is 35.3 Å². The molecule has 0 bridgehead atoms. The first kappa shape index (κ1) is 31.1. The number of hydrogen-bond donors (Lipinski definition) is 1. The molecule has 4 atom stereocenters. The van der Waals surface area contributed by atoms with Crippen LogP contribution in [0.4, 0.5) is 18.9 Å². The Labute approximate surface area is 252 Å². The summed E-state index contributed by atoms with van der Waals surface area (Å²) in [4.78, 5) is 42.7. The highest BCUT2D eigenvalue weighted by Crippen LogP contribution is 2.49. The molecule has 0 saturated carbocycles. The SMILES string of the molecule is CC(C)(C)[C@H]1CCc2cc(Cl)cc3c2N1C(=O)[C@@H](CC(=O)N1CCC[C@@H](C(=O)O)C1)O[C@@H]3c1ccccc1OC(F)(F)F. The number of ether oxygens (including phenoxy) is 2. The number of benzene rings is 2. The molecule has 3 aliphatic heterocycles. The molecule has 0 aliphatic carbocycles. The van der Waals surface area contributed by atoms with Crippen LogP contribution in [0, 0.1) is 11.3 Å². The van der Waals surface area contributed by atoms with E-state index in [9.17, 15) is 32.7 Å². The van der Waals surface area contributed by atoms with Crippen LogP contribution in [0.3, 0.4) is 0 Å². The number of para-hydroxylation sites is 1. The Kier molecular flexibility index (Phi) is 8.43. The number of nitrogens with zero attached hydrogens (tertiary/aromatic N) is 2. The predicted molar refractivity (Wildman–Crippen MR) is 152 cm³/mol. The molecule has 0 unspecified atom stereocenters. The number of halogens is 4. The summed E-state index contributed by atoms with van der Waals surface area (Å²) in [6.45, 7) is 6.35. The van der Waals surface area contributed by atoms with Crippen molar-refractivity contribution in [2.45, 2.75) is 77.5 Å². The molecule has 1 fully saturated rings. The quantitative estimate of drug-likeness (QED) is 0.431. The second-order valence-corrected chi connectivity index (χ2v) is 12.9. The van der Waals surface area contributed by atoms with Gasteiger partial charge in [0.25, 0.3) is 5.91 Å². The van der Waals surface area contributed by atoms with Crippen LogP contribution >= 0.6 is 11.6 Å². The van der Waals surface area contributed by atoms with Crippen molar-refractivity contribution < 1.29 is 42.1 Å². The van der Waals surface area contributed by atoms with Gasteiger partial charge in [-0.15, -0.1) is 13.2 Å². The van der Waals surface area contributed by atoms with Crippen LogP contribution in [0.2, 0.25) is 5.02 Å². The average Bonchev–Trinajstić information content (AvgIpc) is 3.03. The summed E-state index contributed by atoms with van der Waals surface area (Å²) < 4.78 is 51.2. The number of amides is 2. The molecule has 1 saturated heterocycles. The number of aliphatic carboxylic acids is 1. The number of carbonyl (C=O) groups is 3. The van der Waals surface area contributed by atoms with Crippen molar-refractivity contribution in [3.63, 3.8) is 0 Å². The zero-order chi connectivity index (χ0) is 31.3. The van der Waals surface area contributed by atoms with E-state index in [-0.39, 0.29) is 18.2 Å². The number of alkyl halides is 3. The summed E-state index contributed by atoms with van der Waals surface area (Å²) >= 11 is 6.53. The highest BCUT2D eigenvalue weighted by molar-refractivity contribution is 6.31. The maximum Gasteiger partial charge on any atom is 0.573 e. The van der Waals surface area contributed by atoms with Gasteiger partial charge in [-0.3, -0.25) is 14.4 Å². The molecule has 232 valence electrons. The van der Waals surface area contributed by atoms with E-state index in [1.54, 1.807) is 23.1 Å². The second kappa shape index (κ2) is 11.6. The summed E-state index contributed by atoms with van der Waals surface area (Å²) in [5.74, 6) is -3.16. The van der Waals surface area contributed by atoms with Gasteiger partial charge in [-0.1, -0.05) is 50.6 Å². The Balaban J connectivity index is 1.63. The number of hydrogen-bond acceptors (Lipinski definition) is 5. The summed E-state index contributed by atoms with van der Waals surface area (Å²) in [6.07, 6.45) is -5.88. The average molecular weight is 623 g/mol. The van der Waals surface area contributed by atoms with Gasteiger partial charge in [-0.05, 0) is 54.9 Å². The van der Waals surface area contributed by atoms with Crippen LogP contribution in [0.15, 0.2) is 36.4 Å². The molecule has 5 rings (SSSR count). The molecular weight excluding hydrogens is 589 g/mol. The van der Waals surface area contributed by atoms with Crippen LogP contribution in [0.1, 0.15) is 69.2 Å². The summed E-state index contributed by atoms with van der Waals surface area (Å²) in [5, 5.41) is 9.84. The standard InChI is InChI=1S/C31H34ClF3N2O6/c1-30(2,3)24-11-10-17-13-19(32)14-21-26(17)37(24)28(39)23(15-25(38)36-12-6-7-18(16-36)29(40)41)42-27(21)20-8-4-5-9-22(20)43-31(33,34)35/h4-5,8-9,13-14,18,23-24,27H,6-7,10-12,15-16H2,1-3H3,(H,40,41)/t18-,23-,24-,27-/m1/s1. The fourth-order valence-corrected chi connectivity index (χ4v) is 6.71. The lowest BCUT2D eigenvalue weighted by Crippen LogP contribution is -2.54. The van der Waals surface area contributed by atoms with E-state index in [2.05, 4.69) is 4.74 Å². The number of carbonyl (C=O) groups excluding carboxylic acids is 2. The minimum Gasteiger partial charge on any atom is -0.481 e. The second-order valence-electron chi connectivity index (χ2n) is 12.4. The number of piperidine rings is 1. The first-order valence-corrected chi connectivity index (χ1v) is 14.7. The maximum absolute atomic E-state index is 14.4. The molecule has 1 N–H and O–H groups in total. The number of anilines is 1. The smallest absolute Gasteiger partial charge is 0.481 e. The summed E-state index contributed by atoms with van der Waals surface area (Å²) in [7, 11) is 0. The monoisotopic (exact) mass is 622 g/mol. The molecule has 2 aromatic carbocycles. The van der Waals surface area contributed by atoms with E-state index in [1.165, 1.54) is 23.1 Å². The van der Waals surface area contributed by atoms with E-state index < -0.39 is 59.9 Å². The molecule has 3 aliphatic rings. The third-order valence-corrected chi connectivity index (χ3v) is 8.65. The van der Waals surface area contributed by atoms with Crippen molar-refractivity contribution in [2.24, 2.45) is 11.3 Å². The van der Waals surface area contributed by atoms with Gasteiger partial charge in [0.2, 0.25) is 5.91 Å². The summed E-state index contributed by atoms with van der Waals surface area (Å²) in [6, 6.07) is 8.59. The number of carboxylic acid groups (broad SMARTS) is 1. The lowest BCUT2D eigenvalue weighted by molar-refractivity contribution is -0.275. The van der Waals surface area contributed by atoms with Gasteiger partial charge in [0.15, 0.2) is 0 Å². The first-order valence-electron chi connectivity index (χ1n) is 14.3. The minimum atomic E-state index is -4.99. The van der Waals surface area contributed by atoms with E-state index >= 15 is 0 Å². The maximum atomic E-state index is 14.4. The van der Waals surface area contributed by atoms with Crippen LogP contribution in [0.5, 0.6) is 5.75 Å². The Morgan fingerprint density at radius 1 is 1.12 bits per heavy atom. The molecule has 8 nitrogen and oxygen atoms in total. The molecule has 0 spiro atoms. The fraction of sp³-hybridized carbons (Fsp3) is 0.516. The molecule has 12 heteroatoms. The van der Waals surface area contributed by atoms with Gasteiger partial charge in [-0.2, -0.15) is 0 Å². The van der Waals surface area contributed by atoms with Gasteiger partial charge in [-0.25, -0.2) is 0 Å². The van der Waals surface area contributed by atoms with E-state index in [0.29, 0.717) is 48.5 Å². The van der Waals surface area contributed by atoms with Crippen LogP contribution in [0.25, 0.3) is 0 Å². The molecular formula is C31H34ClF3N2O6. The zero-order valence-corrected chi connectivity index (χ0v) is 24.9. The zero-order valence-electron chi connectivity index (χ0n) is 24.1. The number of aryl methyl sites for hydroxylation is 1. The molecule has 2 amide bonds. The van der Waals surface area contributed by atoms with Crippen molar-refractivity contribution in [3.8, 4) is 5.75 Å². The molecule has 0 aromatic heterocycles. The van der Waals surface area contributed by atoms with E-state index in [4.69, 9.17) is 16.3 Å². The third-order valence-electron chi connectivity index (χ3n) is 8.43. The molecule has 2 aromatic rings. The lowest BCUT2D eigenvalue weighted by Gasteiger charge is -2.45. The predicted octanol–water partition coefficient (Wildman–Crippen LogP) is 6.13. The van der Waals surface area contributed by atoms with Crippen LogP contribution < -0.4 is 9.64 Å². The Morgan fingerprint density at radius 3 is 2.51 bits per heavy atom. The number of likely N-dealkylation sites (tertiary alicyclic amines) is 1. The molecule has 3 heterocycles. The van der Waals surface area contributed by atoms with Crippen molar-refractivity contribution in [3.05, 3.63) is 58.1 Å². The highest BCUT2D eigenvalue weighted by Gasteiger charge is 2.47. The molecule has 0 radical (unpaired) electrons. The van der Waals surface area contributed by atoms with Crippen LogP contribution in [-0.2, 0) is 25.5 Å². The van der Waals surface area contributed by atoms with E-state index in [0.717, 1.165) is 5.56 Å². The normalized spacial score (nSPS) is 24.3. The topological polar surface area (TPSA) is 96.4 Å². The van der Waals surface area contributed by atoms with Gasteiger partial charge in [0.05, 0.1) is 18.0 Å². The van der Waals surface area contributed by atoms with Gasteiger partial charge in [0.1, 0.15) is 18.0 Å². The van der Waals surface area contributed by atoms with Crippen molar-refractivity contribution >= 4 is 35.1 Å². The van der Waals surface area contributed by atoms with E-state index in [1.807, 2.05) is 20.8 Å². The number of carboxylic acids is 1. The van der Waals surface area contributed by atoms with Crippen molar-refractivity contribution in [1.82, 2.24) is 4.90 Å². The number of rotatable bonds is 5. The van der Waals surface area contributed by atoms with Crippen molar-refractivity contribution in [2.75, 3.05) is 18.0 Å². The van der Waals surface area contributed by atoms with Gasteiger partial charge < -0.3 is 24.4 Å². The summed E-state index contributed by atoms with van der Waals surface area (Å²) in [5.41, 5.74) is 1.31. The van der Waals surface area contributed by atoms with Crippen molar-refractivity contribution in [1.29, 1.82) is 0 Å². The Morgan fingerprint density at radius 2 is 1.84 bits per heavy atom. The lowest BCUT2D eigenvalue weighted by atomic mass is 9.78. The van der Waals surface area contributed by atoms with Gasteiger partial charge >= 0.3 is 12.3 Å².